The molecule has 0 unspecified atom stereocenters. The van der Waals surface area contributed by atoms with Gasteiger partial charge in [0.05, 0.1) is 13.2 Å². The molecule has 1 heterocycles. The third-order valence-electron chi connectivity index (χ3n) is 2.23. The summed E-state index contributed by atoms with van der Waals surface area (Å²) in [6, 6.07) is 0. The van der Waals surface area contributed by atoms with Crippen LogP contribution >= 0.6 is 0 Å². The van der Waals surface area contributed by atoms with Crippen molar-refractivity contribution < 1.29 is 4.74 Å². The predicted molar refractivity (Wildman–Crippen MR) is 66.3 cm³/mol. The predicted octanol–water partition coefficient (Wildman–Crippen LogP) is 1.59. The minimum absolute atomic E-state index is 0.790. The quantitative estimate of drug-likeness (QED) is 0.772. The lowest BCUT2D eigenvalue weighted by molar-refractivity contribution is 0.0329. The van der Waals surface area contributed by atoms with E-state index >= 15 is 0 Å². The fraction of sp³-hybridized carbons (Fsp3) is 1.00. The van der Waals surface area contributed by atoms with Gasteiger partial charge in [-0.3, -0.25) is 4.90 Å². The van der Waals surface area contributed by atoms with Gasteiger partial charge in [0.15, 0.2) is 0 Å². The second-order valence-electron chi connectivity index (χ2n) is 4.26. The first kappa shape index (κ1) is 14.9. The van der Waals surface area contributed by atoms with Gasteiger partial charge in [-0.2, -0.15) is 0 Å². The molecule has 0 radical (unpaired) electrons. The fourth-order valence-corrected chi connectivity index (χ4v) is 1.55. The highest BCUT2D eigenvalue weighted by Gasteiger charge is 2.10. The molecule has 1 aliphatic heterocycles. The highest BCUT2D eigenvalue weighted by molar-refractivity contribution is 4.62. The van der Waals surface area contributed by atoms with Crippen molar-refractivity contribution in [2.45, 2.75) is 27.7 Å². The number of hydrogen-bond acceptors (Lipinski definition) is 3. The molecule has 1 saturated heterocycles. The van der Waals surface area contributed by atoms with Gasteiger partial charge in [0.25, 0.3) is 0 Å². The lowest BCUT2D eigenvalue weighted by Crippen LogP contribution is -2.38. The van der Waals surface area contributed by atoms with Crippen LogP contribution in [0.15, 0.2) is 0 Å². The number of hydrogen-bond donors (Lipinski definition) is 1. The lowest BCUT2D eigenvalue weighted by Gasteiger charge is -2.27. The zero-order valence-corrected chi connectivity index (χ0v) is 10.9. The molecule has 1 fully saturated rings. The van der Waals surface area contributed by atoms with Crippen LogP contribution in [0.1, 0.15) is 27.7 Å². The summed E-state index contributed by atoms with van der Waals surface area (Å²) in [4.78, 5) is 2.47. The summed E-state index contributed by atoms with van der Waals surface area (Å²) in [6.45, 7) is 16.2. The second kappa shape index (κ2) is 10.4. The van der Waals surface area contributed by atoms with Crippen molar-refractivity contribution in [1.29, 1.82) is 0 Å². The smallest absolute Gasteiger partial charge is 0.0594 e. The molecule has 1 aliphatic rings. The average molecular weight is 216 g/mol. The first-order valence-electron chi connectivity index (χ1n) is 6.21. The SMILES string of the molecule is CC(C)CN1CCOCC1.CCNCC. The Hall–Kier alpha value is -0.120. The molecule has 1 N–H and O–H groups in total. The molecule has 1 rings (SSSR count). The van der Waals surface area contributed by atoms with E-state index in [1.165, 1.54) is 6.54 Å². The summed E-state index contributed by atoms with van der Waals surface area (Å²) >= 11 is 0. The van der Waals surface area contributed by atoms with E-state index in [2.05, 4.69) is 37.9 Å². The number of nitrogens with zero attached hydrogens (tertiary/aromatic N) is 1. The number of morpholine rings is 1. The monoisotopic (exact) mass is 216 g/mol. The molecule has 0 bridgehead atoms. The normalized spacial score (nSPS) is 17.4. The Morgan fingerprint density at radius 1 is 1.13 bits per heavy atom. The molecule has 15 heavy (non-hydrogen) atoms. The Kier molecular flexibility index (Phi) is 10.3. The van der Waals surface area contributed by atoms with Gasteiger partial charge in [-0.15, -0.1) is 0 Å². The van der Waals surface area contributed by atoms with Gasteiger partial charge < -0.3 is 10.1 Å². The molecule has 3 heteroatoms. The first-order valence-corrected chi connectivity index (χ1v) is 6.21. The minimum Gasteiger partial charge on any atom is -0.379 e. The maximum atomic E-state index is 5.24. The second-order valence-corrected chi connectivity index (χ2v) is 4.26. The van der Waals surface area contributed by atoms with Gasteiger partial charge >= 0.3 is 0 Å². The van der Waals surface area contributed by atoms with Crippen molar-refractivity contribution in [3.05, 3.63) is 0 Å². The Labute approximate surface area is 95.2 Å². The third kappa shape index (κ3) is 10.2. The Morgan fingerprint density at radius 2 is 1.67 bits per heavy atom. The minimum atomic E-state index is 0.790. The molecule has 0 aromatic rings. The number of nitrogens with one attached hydrogen (secondary N) is 1. The van der Waals surface area contributed by atoms with Crippen molar-refractivity contribution in [1.82, 2.24) is 10.2 Å². The fourth-order valence-electron chi connectivity index (χ4n) is 1.55. The van der Waals surface area contributed by atoms with Gasteiger partial charge in [-0.1, -0.05) is 27.7 Å². The molecule has 0 aromatic heterocycles. The molecule has 0 aliphatic carbocycles. The largest absolute Gasteiger partial charge is 0.379 e. The molecular weight excluding hydrogens is 188 g/mol. The van der Waals surface area contributed by atoms with Crippen LogP contribution in [0.4, 0.5) is 0 Å². The van der Waals surface area contributed by atoms with Gasteiger partial charge in [0, 0.05) is 19.6 Å². The Balaban J connectivity index is 0.000000336. The lowest BCUT2D eigenvalue weighted by atomic mass is 10.2. The van der Waals surface area contributed by atoms with Crippen LogP contribution in [0, 0.1) is 5.92 Å². The van der Waals surface area contributed by atoms with Crippen LogP contribution < -0.4 is 5.32 Å². The summed E-state index contributed by atoms with van der Waals surface area (Å²) in [6.07, 6.45) is 0. The van der Waals surface area contributed by atoms with Gasteiger partial charge in [-0.25, -0.2) is 0 Å². The van der Waals surface area contributed by atoms with E-state index in [0.29, 0.717) is 0 Å². The molecule has 0 spiro atoms. The van der Waals surface area contributed by atoms with Crippen molar-refractivity contribution >= 4 is 0 Å². The zero-order valence-electron chi connectivity index (χ0n) is 10.9. The zero-order chi connectivity index (χ0) is 11.5. The number of ether oxygens (including phenoxy) is 1. The average Bonchev–Trinajstić information content (AvgIpc) is 2.20. The summed E-state index contributed by atoms with van der Waals surface area (Å²) in [5.41, 5.74) is 0. The molecular formula is C12H28N2O. The van der Waals surface area contributed by atoms with Crippen LogP contribution in [-0.2, 0) is 4.74 Å². The maximum Gasteiger partial charge on any atom is 0.0594 e. The van der Waals surface area contributed by atoms with E-state index in [9.17, 15) is 0 Å². The first-order chi connectivity index (χ1) is 7.20. The van der Waals surface area contributed by atoms with Crippen molar-refractivity contribution in [2.24, 2.45) is 5.92 Å². The summed E-state index contributed by atoms with van der Waals surface area (Å²) in [7, 11) is 0. The van der Waals surface area contributed by atoms with Crippen LogP contribution in [0.3, 0.4) is 0 Å². The standard InChI is InChI=1S/C8H17NO.C4H11N/c1-8(2)7-9-3-5-10-6-4-9;1-3-5-4-2/h8H,3-7H2,1-2H3;5H,3-4H2,1-2H3. The van der Waals surface area contributed by atoms with E-state index in [0.717, 1.165) is 45.3 Å². The maximum absolute atomic E-state index is 5.24. The molecule has 0 atom stereocenters. The molecule has 0 saturated carbocycles. The van der Waals surface area contributed by atoms with Crippen molar-refractivity contribution in [2.75, 3.05) is 45.9 Å². The van der Waals surface area contributed by atoms with Crippen molar-refractivity contribution in [3.8, 4) is 0 Å². The topological polar surface area (TPSA) is 24.5 Å². The van der Waals surface area contributed by atoms with E-state index in [1.807, 2.05) is 0 Å². The van der Waals surface area contributed by atoms with Crippen LogP contribution in [-0.4, -0.2) is 50.8 Å². The van der Waals surface area contributed by atoms with E-state index in [4.69, 9.17) is 4.74 Å². The molecule has 0 amide bonds. The van der Waals surface area contributed by atoms with E-state index < -0.39 is 0 Å². The van der Waals surface area contributed by atoms with Gasteiger partial charge in [-0.05, 0) is 19.0 Å². The van der Waals surface area contributed by atoms with Crippen LogP contribution in [0.5, 0.6) is 0 Å². The van der Waals surface area contributed by atoms with Gasteiger partial charge in [0.1, 0.15) is 0 Å². The summed E-state index contributed by atoms with van der Waals surface area (Å²) in [5.74, 6) is 0.790. The van der Waals surface area contributed by atoms with Crippen LogP contribution in [0.25, 0.3) is 0 Å². The van der Waals surface area contributed by atoms with Gasteiger partial charge in [0.2, 0.25) is 0 Å². The Bertz CT molecular complexity index is 121. The van der Waals surface area contributed by atoms with E-state index in [-0.39, 0.29) is 0 Å². The summed E-state index contributed by atoms with van der Waals surface area (Å²) in [5, 5.41) is 3.11. The highest BCUT2D eigenvalue weighted by Crippen LogP contribution is 2.01. The molecule has 0 aromatic carbocycles. The van der Waals surface area contributed by atoms with Crippen molar-refractivity contribution in [3.63, 3.8) is 0 Å². The van der Waals surface area contributed by atoms with E-state index in [1.54, 1.807) is 0 Å². The highest BCUT2D eigenvalue weighted by atomic mass is 16.5. The molecule has 3 nitrogen and oxygen atoms in total. The third-order valence-corrected chi connectivity index (χ3v) is 2.23. The Morgan fingerprint density at radius 3 is 2.00 bits per heavy atom. The van der Waals surface area contributed by atoms with Crippen LogP contribution in [0.2, 0.25) is 0 Å². The summed E-state index contributed by atoms with van der Waals surface area (Å²) < 4.78 is 5.24. The number of rotatable bonds is 4. The molecule has 92 valence electrons.